The molecule has 0 saturated heterocycles. The Hall–Kier alpha value is -0.310. The summed E-state index contributed by atoms with van der Waals surface area (Å²) in [6.45, 7) is 0. The van der Waals surface area contributed by atoms with Crippen molar-refractivity contribution in [2.45, 2.75) is 25.7 Å². The molecule has 1 aliphatic rings. The van der Waals surface area contributed by atoms with Crippen LogP contribution in [-0.2, 0) is 19.9 Å². The van der Waals surface area contributed by atoms with Crippen LogP contribution in [0.1, 0.15) is 24.1 Å². The lowest BCUT2D eigenvalue weighted by molar-refractivity contribution is 0.626. The minimum Gasteiger partial charge on any atom is -0.271 e. The highest BCUT2D eigenvalue weighted by Gasteiger charge is 2.16. The quantitative estimate of drug-likeness (QED) is 0.647. The van der Waals surface area contributed by atoms with Gasteiger partial charge in [-0.05, 0) is 41.6 Å². The molecule has 0 fully saturated rings. The molecule has 1 aliphatic carbocycles. The van der Waals surface area contributed by atoms with Crippen molar-refractivity contribution < 1.29 is 0 Å². The van der Waals surface area contributed by atoms with Crippen LogP contribution in [0.3, 0.4) is 0 Å². The zero-order valence-corrected chi connectivity index (χ0v) is 8.19. The first-order valence-electron chi connectivity index (χ1n) is 3.99. The standard InChI is InChI=1S/C8H11BrN2/c1-11-7-5-3-2-4-6(7)8(9)10-11/h2-5H2,1H3. The van der Waals surface area contributed by atoms with E-state index in [1.807, 2.05) is 11.7 Å². The number of fused-ring (bicyclic) bond motifs is 1. The van der Waals surface area contributed by atoms with E-state index in [0.717, 1.165) is 4.60 Å². The molecule has 0 aliphatic heterocycles. The van der Waals surface area contributed by atoms with Crippen LogP contribution in [0, 0.1) is 0 Å². The van der Waals surface area contributed by atoms with Crippen LogP contribution in [0.25, 0.3) is 0 Å². The molecule has 0 radical (unpaired) electrons. The van der Waals surface area contributed by atoms with Crippen molar-refractivity contribution in [1.82, 2.24) is 9.78 Å². The number of hydrogen-bond donors (Lipinski definition) is 0. The molecule has 0 N–H and O–H groups in total. The Morgan fingerprint density at radius 1 is 1.36 bits per heavy atom. The maximum atomic E-state index is 4.33. The first-order valence-corrected chi connectivity index (χ1v) is 4.78. The lowest BCUT2D eigenvalue weighted by atomic mass is 9.98. The second-order valence-electron chi connectivity index (χ2n) is 3.05. The minimum atomic E-state index is 1.05. The molecule has 0 bridgehead atoms. The molecular weight excluding hydrogens is 204 g/mol. The molecule has 0 aromatic carbocycles. The van der Waals surface area contributed by atoms with Gasteiger partial charge in [-0.25, -0.2) is 0 Å². The number of halogens is 1. The van der Waals surface area contributed by atoms with Crippen molar-refractivity contribution in [2.75, 3.05) is 0 Å². The van der Waals surface area contributed by atoms with Crippen molar-refractivity contribution in [1.29, 1.82) is 0 Å². The van der Waals surface area contributed by atoms with Crippen molar-refractivity contribution in [3.05, 3.63) is 15.9 Å². The normalized spacial score (nSPS) is 16.5. The molecule has 0 amide bonds. The van der Waals surface area contributed by atoms with Crippen molar-refractivity contribution >= 4 is 15.9 Å². The average Bonchev–Trinajstić information content (AvgIpc) is 2.30. The fraction of sp³-hybridized carbons (Fsp3) is 0.625. The maximum Gasteiger partial charge on any atom is 0.131 e. The Balaban J connectivity index is 2.52. The van der Waals surface area contributed by atoms with Crippen LogP contribution >= 0.6 is 15.9 Å². The second kappa shape index (κ2) is 2.63. The summed E-state index contributed by atoms with van der Waals surface area (Å²) in [6, 6.07) is 0. The zero-order valence-electron chi connectivity index (χ0n) is 6.60. The Kier molecular flexibility index (Phi) is 1.75. The topological polar surface area (TPSA) is 17.8 Å². The van der Waals surface area contributed by atoms with Crippen LogP contribution in [0.4, 0.5) is 0 Å². The molecule has 1 aromatic rings. The van der Waals surface area contributed by atoms with E-state index in [4.69, 9.17) is 0 Å². The van der Waals surface area contributed by atoms with Gasteiger partial charge in [-0.3, -0.25) is 4.68 Å². The van der Waals surface area contributed by atoms with E-state index in [0.29, 0.717) is 0 Å². The van der Waals surface area contributed by atoms with Crippen molar-refractivity contribution in [3.8, 4) is 0 Å². The third-order valence-electron chi connectivity index (χ3n) is 2.32. The third-order valence-corrected chi connectivity index (χ3v) is 2.95. The van der Waals surface area contributed by atoms with Gasteiger partial charge >= 0.3 is 0 Å². The average molecular weight is 215 g/mol. The van der Waals surface area contributed by atoms with E-state index < -0.39 is 0 Å². The molecule has 11 heavy (non-hydrogen) atoms. The Labute approximate surface area is 74.7 Å². The van der Waals surface area contributed by atoms with Gasteiger partial charge in [-0.2, -0.15) is 5.10 Å². The van der Waals surface area contributed by atoms with E-state index >= 15 is 0 Å². The van der Waals surface area contributed by atoms with Gasteiger partial charge in [0.25, 0.3) is 0 Å². The summed E-state index contributed by atoms with van der Waals surface area (Å²) in [4.78, 5) is 0. The Morgan fingerprint density at radius 2 is 2.09 bits per heavy atom. The van der Waals surface area contributed by atoms with Gasteiger partial charge in [0.2, 0.25) is 0 Å². The van der Waals surface area contributed by atoms with Gasteiger partial charge in [-0.1, -0.05) is 0 Å². The maximum absolute atomic E-state index is 4.33. The monoisotopic (exact) mass is 214 g/mol. The SMILES string of the molecule is Cn1nc(Br)c2c1CCCC2. The second-order valence-corrected chi connectivity index (χ2v) is 3.80. The molecule has 0 atom stereocenters. The molecule has 60 valence electrons. The third kappa shape index (κ3) is 1.11. The minimum absolute atomic E-state index is 1.05. The summed E-state index contributed by atoms with van der Waals surface area (Å²) >= 11 is 3.47. The van der Waals surface area contributed by atoms with E-state index in [1.54, 1.807) is 0 Å². The summed E-state index contributed by atoms with van der Waals surface area (Å²) in [5.41, 5.74) is 2.85. The van der Waals surface area contributed by atoms with Crippen LogP contribution in [0.5, 0.6) is 0 Å². The number of hydrogen-bond acceptors (Lipinski definition) is 1. The number of rotatable bonds is 0. The molecule has 2 rings (SSSR count). The highest BCUT2D eigenvalue weighted by Crippen LogP contribution is 2.26. The highest BCUT2D eigenvalue weighted by atomic mass is 79.9. The first kappa shape index (κ1) is 7.35. The smallest absolute Gasteiger partial charge is 0.131 e. The molecular formula is C8H11BrN2. The summed E-state index contributed by atoms with van der Waals surface area (Å²) in [5.74, 6) is 0. The fourth-order valence-corrected chi connectivity index (χ4v) is 2.39. The molecule has 0 spiro atoms. The lowest BCUT2D eigenvalue weighted by Gasteiger charge is -2.11. The van der Waals surface area contributed by atoms with E-state index in [2.05, 4.69) is 21.0 Å². The van der Waals surface area contributed by atoms with Gasteiger partial charge in [0.05, 0.1) is 0 Å². The van der Waals surface area contributed by atoms with Gasteiger partial charge < -0.3 is 0 Å². The predicted molar refractivity (Wildman–Crippen MR) is 47.6 cm³/mol. The zero-order chi connectivity index (χ0) is 7.84. The van der Waals surface area contributed by atoms with Gasteiger partial charge in [-0.15, -0.1) is 0 Å². The van der Waals surface area contributed by atoms with Gasteiger partial charge in [0.15, 0.2) is 0 Å². The number of aromatic nitrogens is 2. The summed E-state index contributed by atoms with van der Waals surface area (Å²) < 4.78 is 3.05. The highest BCUT2D eigenvalue weighted by molar-refractivity contribution is 9.10. The van der Waals surface area contributed by atoms with E-state index in [1.165, 1.54) is 36.9 Å². The fourth-order valence-electron chi connectivity index (χ4n) is 1.72. The van der Waals surface area contributed by atoms with Crippen LogP contribution in [0.15, 0.2) is 4.60 Å². The summed E-state index contributed by atoms with van der Waals surface area (Å²) in [5, 5.41) is 4.33. The van der Waals surface area contributed by atoms with E-state index in [-0.39, 0.29) is 0 Å². The van der Waals surface area contributed by atoms with Crippen LogP contribution in [-0.4, -0.2) is 9.78 Å². The van der Waals surface area contributed by atoms with Crippen LogP contribution < -0.4 is 0 Å². The van der Waals surface area contributed by atoms with Crippen LogP contribution in [0.2, 0.25) is 0 Å². The molecule has 2 nitrogen and oxygen atoms in total. The van der Waals surface area contributed by atoms with Gasteiger partial charge in [0.1, 0.15) is 4.60 Å². The van der Waals surface area contributed by atoms with E-state index in [9.17, 15) is 0 Å². The molecule has 0 unspecified atom stereocenters. The van der Waals surface area contributed by atoms with Crippen molar-refractivity contribution in [3.63, 3.8) is 0 Å². The Bertz CT molecular complexity index is 251. The number of nitrogens with zero attached hydrogens (tertiary/aromatic N) is 2. The summed E-state index contributed by atoms with van der Waals surface area (Å²) in [6.07, 6.45) is 5.03. The predicted octanol–water partition coefficient (Wildman–Crippen LogP) is 2.06. The largest absolute Gasteiger partial charge is 0.271 e. The molecule has 3 heteroatoms. The Morgan fingerprint density at radius 3 is 2.82 bits per heavy atom. The number of aryl methyl sites for hydroxylation is 1. The first-order chi connectivity index (χ1) is 5.29. The molecule has 1 heterocycles. The lowest BCUT2D eigenvalue weighted by Crippen LogP contribution is -2.05. The van der Waals surface area contributed by atoms with Gasteiger partial charge in [0, 0.05) is 18.3 Å². The van der Waals surface area contributed by atoms with Crippen molar-refractivity contribution in [2.24, 2.45) is 7.05 Å². The molecule has 1 aromatic heterocycles. The summed E-state index contributed by atoms with van der Waals surface area (Å²) in [7, 11) is 2.02. The molecule has 0 saturated carbocycles.